The molecule has 2 heterocycles. The van der Waals surface area contributed by atoms with Crippen molar-refractivity contribution in [2.75, 3.05) is 18.8 Å². The fraction of sp³-hybridized carbons (Fsp3) is 0.120. The lowest BCUT2D eigenvalue weighted by Crippen LogP contribution is -1.94. The molecule has 2 nitrogen and oxygen atoms in total. The number of para-hydroxylation sites is 2. The molecule has 6 aromatic rings. The van der Waals surface area contributed by atoms with E-state index < -0.39 is 10.0 Å². The highest BCUT2D eigenvalue weighted by Crippen LogP contribution is 2.53. The molecular formula is C25H20O2S. The molecule has 0 unspecified atom stereocenters. The van der Waals surface area contributed by atoms with Crippen LogP contribution in [0, 0.1) is 0 Å². The second-order valence-electron chi connectivity index (χ2n) is 8.15. The number of hydrogen-bond donors (Lipinski definition) is 0. The maximum atomic E-state index is 6.45. The van der Waals surface area contributed by atoms with Crippen LogP contribution in [0.25, 0.3) is 54.6 Å². The lowest BCUT2D eigenvalue weighted by Gasteiger charge is -2.26. The molecule has 0 saturated heterocycles. The van der Waals surface area contributed by atoms with E-state index in [0.29, 0.717) is 0 Å². The van der Waals surface area contributed by atoms with Crippen molar-refractivity contribution in [2.24, 2.45) is 0 Å². The van der Waals surface area contributed by atoms with Gasteiger partial charge in [0, 0.05) is 31.8 Å². The Labute approximate surface area is 164 Å². The Morgan fingerprint density at radius 3 is 1.96 bits per heavy atom. The number of hydrogen-bond acceptors (Lipinski definition) is 2. The van der Waals surface area contributed by atoms with Crippen LogP contribution in [-0.4, -0.2) is 18.8 Å². The van der Waals surface area contributed by atoms with Crippen molar-refractivity contribution in [3.8, 4) is 0 Å². The predicted octanol–water partition coefficient (Wildman–Crippen LogP) is 7.69. The number of benzene rings is 4. The first-order valence-electron chi connectivity index (χ1n) is 9.39. The van der Waals surface area contributed by atoms with Crippen LogP contribution in [0.15, 0.2) is 80.5 Å². The number of fused-ring (bicyclic) bond motifs is 9. The molecule has 0 radical (unpaired) electrons. The van der Waals surface area contributed by atoms with Crippen molar-refractivity contribution >= 4 is 64.7 Å². The molecule has 0 aliphatic carbocycles. The zero-order valence-corrected chi connectivity index (χ0v) is 16.9. The fourth-order valence-electron chi connectivity index (χ4n) is 4.35. The summed E-state index contributed by atoms with van der Waals surface area (Å²) in [5.41, 5.74) is 3.82. The van der Waals surface area contributed by atoms with E-state index in [-0.39, 0.29) is 0 Å². The fourth-order valence-corrected chi connectivity index (χ4v) is 5.53. The summed E-state index contributed by atoms with van der Waals surface area (Å²) in [6.07, 6.45) is 6.98. The standard InChI is InChI=1S/C25H20O2S/c1-28(2,3)21-14-15-12-13-20-23(16-8-4-6-10-18(16)26-20)22(15)24-17-9-5-7-11-19(17)27-25(21)24/h4-14H,1-3H3. The molecule has 0 atom stereocenters. The molecule has 0 spiro atoms. The van der Waals surface area contributed by atoms with Crippen molar-refractivity contribution < 1.29 is 8.83 Å². The first-order valence-corrected chi connectivity index (χ1v) is 12.2. The van der Waals surface area contributed by atoms with Crippen LogP contribution in [0.2, 0.25) is 0 Å². The van der Waals surface area contributed by atoms with Crippen molar-refractivity contribution in [3.05, 3.63) is 66.7 Å². The minimum absolute atomic E-state index is 0.927. The lowest BCUT2D eigenvalue weighted by molar-refractivity contribution is 0.660. The van der Waals surface area contributed by atoms with Crippen molar-refractivity contribution in [2.45, 2.75) is 4.90 Å². The molecule has 0 N–H and O–H groups in total. The molecule has 138 valence electrons. The summed E-state index contributed by atoms with van der Waals surface area (Å²) in [6.45, 7) is 0. The van der Waals surface area contributed by atoms with Gasteiger partial charge in [0.15, 0.2) is 0 Å². The van der Waals surface area contributed by atoms with E-state index in [1.807, 2.05) is 18.2 Å². The van der Waals surface area contributed by atoms with Gasteiger partial charge in [-0.15, -0.1) is 0 Å². The maximum Gasteiger partial charge on any atom is 0.148 e. The van der Waals surface area contributed by atoms with E-state index in [0.717, 1.165) is 27.7 Å². The Morgan fingerprint density at radius 2 is 1.25 bits per heavy atom. The topological polar surface area (TPSA) is 26.3 Å². The van der Waals surface area contributed by atoms with Crippen LogP contribution in [0.4, 0.5) is 0 Å². The van der Waals surface area contributed by atoms with Gasteiger partial charge in [-0.05, 0) is 48.4 Å². The van der Waals surface area contributed by atoms with Crippen LogP contribution in [0.3, 0.4) is 0 Å². The molecule has 3 heteroatoms. The lowest BCUT2D eigenvalue weighted by atomic mass is 9.99. The molecule has 4 aromatic carbocycles. The molecule has 0 amide bonds. The van der Waals surface area contributed by atoms with Crippen LogP contribution in [0.5, 0.6) is 0 Å². The molecule has 0 fully saturated rings. The molecular weight excluding hydrogens is 364 g/mol. The van der Waals surface area contributed by atoms with Crippen molar-refractivity contribution in [1.29, 1.82) is 0 Å². The second-order valence-corrected chi connectivity index (χ2v) is 12.3. The normalized spacial score (nSPS) is 13.4. The van der Waals surface area contributed by atoms with Gasteiger partial charge in [-0.25, -0.2) is 10.0 Å². The van der Waals surface area contributed by atoms with Gasteiger partial charge in [0.2, 0.25) is 0 Å². The monoisotopic (exact) mass is 384 g/mol. The average Bonchev–Trinajstić information content (AvgIpc) is 3.24. The molecule has 0 bridgehead atoms. The van der Waals surface area contributed by atoms with E-state index in [1.54, 1.807) is 0 Å². The van der Waals surface area contributed by atoms with Gasteiger partial charge in [0.25, 0.3) is 0 Å². The smallest absolute Gasteiger partial charge is 0.148 e. The van der Waals surface area contributed by atoms with Crippen LogP contribution in [-0.2, 0) is 0 Å². The highest BCUT2D eigenvalue weighted by Gasteiger charge is 2.22. The zero-order valence-electron chi connectivity index (χ0n) is 16.1. The third-order valence-corrected chi connectivity index (χ3v) is 7.21. The Hall–Kier alpha value is -2.91. The number of furan rings is 2. The van der Waals surface area contributed by atoms with Gasteiger partial charge in [0.05, 0.1) is 0 Å². The van der Waals surface area contributed by atoms with Crippen LogP contribution >= 0.6 is 10.0 Å². The molecule has 2 aromatic heterocycles. The summed E-state index contributed by atoms with van der Waals surface area (Å²) >= 11 is 0. The average molecular weight is 385 g/mol. The van der Waals surface area contributed by atoms with Crippen LogP contribution in [0.1, 0.15) is 0 Å². The third kappa shape index (κ3) is 2.05. The first kappa shape index (κ1) is 16.1. The van der Waals surface area contributed by atoms with Gasteiger partial charge in [-0.2, -0.15) is 0 Å². The summed E-state index contributed by atoms with van der Waals surface area (Å²) in [7, 11) is -0.968. The van der Waals surface area contributed by atoms with E-state index >= 15 is 0 Å². The van der Waals surface area contributed by atoms with Crippen LogP contribution < -0.4 is 0 Å². The quantitative estimate of drug-likeness (QED) is 0.290. The van der Waals surface area contributed by atoms with Gasteiger partial charge >= 0.3 is 0 Å². The number of rotatable bonds is 1. The molecule has 0 aliphatic heterocycles. The van der Waals surface area contributed by atoms with Gasteiger partial charge < -0.3 is 8.83 Å². The maximum absolute atomic E-state index is 6.45. The van der Waals surface area contributed by atoms with E-state index in [2.05, 4.69) is 67.3 Å². The van der Waals surface area contributed by atoms with Gasteiger partial charge in [-0.3, -0.25) is 0 Å². The Kier molecular flexibility index (Phi) is 3.06. The van der Waals surface area contributed by atoms with E-state index in [9.17, 15) is 0 Å². The van der Waals surface area contributed by atoms with Gasteiger partial charge in [-0.1, -0.05) is 42.5 Å². The SMILES string of the molecule is CS(C)(C)c1cc2ccc3oc4ccccc4c3c2c2c1oc1ccccc12. The van der Waals surface area contributed by atoms with Gasteiger partial charge in [0.1, 0.15) is 22.3 Å². The second kappa shape index (κ2) is 5.33. The summed E-state index contributed by atoms with van der Waals surface area (Å²) in [6, 6.07) is 23.3. The molecule has 0 saturated carbocycles. The summed E-state index contributed by atoms with van der Waals surface area (Å²) < 4.78 is 12.6. The van der Waals surface area contributed by atoms with E-state index in [4.69, 9.17) is 8.83 Å². The largest absolute Gasteiger partial charge is 0.456 e. The summed E-state index contributed by atoms with van der Waals surface area (Å²) in [5, 5.41) is 7.20. The highest BCUT2D eigenvalue weighted by atomic mass is 32.3. The first-order chi connectivity index (χ1) is 13.5. The zero-order chi connectivity index (χ0) is 19.0. The summed E-state index contributed by atoms with van der Waals surface area (Å²) in [5.74, 6) is 0. The molecule has 28 heavy (non-hydrogen) atoms. The highest BCUT2D eigenvalue weighted by molar-refractivity contribution is 8.32. The Balaban J connectivity index is 1.99. The van der Waals surface area contributed by atoms with Crippen molar-refractivity contribution in [1.82, 2.24) is 0 Å². The Morgan fingerprint density at radius 1 is 0.607 bits per heavy atom. The third-order valence-electron chi connectivity index (χ3n) is 5.59. The minimum atomic E-state index is -0.968. The predicted molar refractivity (Wildman–Crippen MR) is 122 cm³/mol. The van der Waals surface area contributed by atoms with E-state index in [1.165, 1.54) is 31.8 Å². The Bertz CT molecular complexity index is 1540. The molecule has 0 aliphatic rings. The minimum Gasteiger partial charge on any atom is -0.456 e. The summed E-state index contributed by atoms with van der Waals surface area (Å²) in [4.78, 5) is 1.32. The molecule has 6 rings (SSSR count). The van der Waals surface area contributed by atoms with Crippen molar-refractivity contribution in [3.63, 3.8) is 0 Å².